The molecule has 2 aromatic carbocycles. The van der Waals surface area contributed by atoms with Crippen molar-refractivity contribution in [2.75, 3.05) is 44.5 Å². The fourth-order valence-electron chi connectivity index (χ4n) is 3.94. The van der Waals surface area contributed by atoms with E-state index in [1.165, 1.54) is 66.3 Å². The molecule has 1 saturated heterocycles. The van der Waals surface area contributed by atoms with Crippen LogP contribution in [0.5, 0.6) is 11.5 Å². The highest BCUT2D eigenvalue weighted by molar-refractivity contribution is 7.89. The van der Waals surface area contributed by atoms with Crippen molar-refractivity contribution in [1.29, 1.82) is 0 Å². The smallest absolute Gasteiger partial charge is 0.340 e. The van der Waals surface area contributed by atoms with Crippen LogP contribution in [0, 0.1) is 0 Å². The van der Waals surface area contributed by atoms with E-state index in [0.29, 0.717) is 23.7 Å². The Morgan fingerprint density at radius 1 is 0.949 bits per heavy atom. The molecule has 0 radical (unpaired) electrons. The molecule has 1 fully saturated rings. The molecule has 0 aliphatic carbocycles. The topological polar surface area (TPSA) is 140 Å². The van der Waals surface area contributed by atoms with Crippen LogP contribution in [-0.4, -0.2) is 64.4 Å². The molecule has 0 unspecified atom stereocenters. The number of carbonyl (C=O) groups excluding carboxylic acids is 3. The molecule has 2 heterocycles. The maximum atomic E-state index is 12.9. The number of hydrogen-bond donors (Lipinski definition) is 2. The van der Waals surface area contributed by atoms with E-state index in [2.05, 4.69) is 10.6 Å². The molecule has 2 amide bonds. The van der Waals surface area contributed by atoms with Gasteiger partial charge in [-0.3, -0.25) is 9.59 Å². The number of sulfonamides is 1. The van der Waals surface area contributed by atoms with Crippen molar-refractivity contribution in [3.05, 3.63) is 64.4 Å². The number of nitrogens with zero attached hydrogens (tertiary/aromatic N) is 1. The summed E-state index contributed by atoms with van der Waals surface area (Å²) in [7, 11) is -0.760. The first-order chi connectivity index (χ1) is 18.7. The Balaban J connectivity index is 1.42. The van der Waals surface area contributed by atoms with Gasteiger partial charge in [0, 0.05) is 30.9 Å². The zero-order valence-corrected chi connectivity index (χ0v) is 22.9. The highest BCUT2D eigenvalue weighted by atomic mass is 32.2. The molecule has 0 bridgehead atoms. The minimum Gasteiger partial charge on any atom is -0.493 e. The van der Waals surface area contributed by atoms with Gasteiger partial charge in [0.25, 0.3) is 11.8 Å². The van der Waals surface area contributed by atoms with Crippen molar-refractivity contribution in [3.8, 4) is 11.5 Å². The van der Waals surface area contributed by atoms with Crippen molar-refractivity contribution in [2.24, 2.45) is 0 Å². The Morgan fingerprint density at radius 2 is 1.62 bits per heavy atom. The fourth-order valence-corrected chi connectivity index (χ4v) is 6.07. The molecule has 3 aromatic rings. The highest BCUT2D eigenvalue weighted by Crippen LogP contribution is 2.34. The van der Waals surface area contributed by atoms with Gasteiger partial charge in [-0.2, -0.15) is 4.31 Å². The van der Waals surface area contributed by atoms with Crippen LogP contribution in [-0.2, 0) is 19.6 Å². The molecule has 13 heteroatoms. The van der Waals surface area contributed by atoms with Gasteiger partial charge in [0.1, 0.15) is 0 Å². The molecule has 0 spiro atoms. The summed E-state index contributed by atoms with van der Waals surface area (Å²) in [5, 5.41) is 6.98. The maximum Gasteiger partial charge on any atom is 0.340 e. The predicted octanol–water partition coefficient (Wildman–Crippen LogP) is 3.60. The first-order valence-corrected chi connectivity index (χ1v) is 14.2. The highest BCUT2D eigenvalue weighted by Gasteiger charge is 2.27. The zero-order valence-electron chi connectivity index (χ0n) is 21.3. The average molecular weight is 574 g/mol. The molecule has 2 N–H and O–H groups in total. The minimum absolute atomic E-state index is 0.0400. The number of amides is 2. The van der Waals surface area contributed by atoms with E-state index >= 15 is 0 Å². The normalized spacial score (nSPS) is 13.5. The standard InChI is InChI=1S/C26H27N3O8S2/c1-35-21-14-19(20(15-22(21)36-2)28-25(31)23-6-5-13-38-23)26(32)37-16-24(30)27-17-7-9-18(10-8-17)39(33,34)29-11-3-4-12-29/h5-10,13-15H,3-4,11-12,16H2,1-2H3,(H,27,30)(H,28,31). The molecular weight excluding hydrogens is 546 g/mol. The van der Waals surface area contributed by atoms with E-state index in [-0.39, 0.29) is 27.6 Å². The summed E-state index contributed by atoms with van der Waals surface area (Å²) in [4.78, 5) is 38.5. The van der Waals surface area contributed by atoms with Crippen LogP contribution in [0.3, 0.4) is 0 Å². The molecular formula is C26H27N3O8S2. The van der Waals surface area contributed by atoms with Crippen LogP contribution >= 0.6 is 11.3 Å². The lowest BCUT2D eigenvalue weighted by Crippen LogP contribution is -2.27. The van der Waals surface area contributed by atoms with E-state index in [0.717, 1.165) is 12.8 Å². The number of nitrogens with one attached hydrogen (secondary N) is 2. The number of anilines is 2. The van der Waals surface area contributed by atoms with Gasteiger partial charge in [0.15, 0.2) is 18.1 Å². The van der Waals surface area contributed by atoms with E-state index in [4.69, 9.17) is 14.2 Å². The van der Waals surface area contributed by atoms with E-state index in [1.54, 1.807) is 17.5 Å². The van der Waals surface area contributed by atoms with Crippen LogP contribution in [0.15, 0.2) is 58.8 Å². The quantitative estimate of drug-likeness (QED) is 0.351. The molecule has 1 aliphatic heterocycles. The fraction of sp³-hybridized carbons (Fsp3) is 0.269. The Hall–Kier alpha value is -3.94. The average Bonchev–Trinajstić information content (AvgIpc) is 3.67. The molecule has 1 aromatic heterocycles. The molecule has 1 aliphatic rings. The molecule has 39 heavy (non-hydrogen) atoms. The zero-order chi connectivity index (χ0) is 28.0. The molecule has 0 atom stereocenters. The van der Waals surface area contributed by atoms with Gasteiger partial charge in [-0.05, 0) is 48.6 Å². The third-order valence-electron chi connectivity index (χ3n) is 5.91. The summed E-state index contributed by atoms with van der Waals surface area (Å²) < 4.78 is 42.5. The summed E-state index contributed by atoms with van der Waals surface area (Å²) in [5.74, 6) is -1.43. The second-order valence-electron chi connectivity index (χ2n) is 8.44. The Kier molecular flexibility index (Phi) is 8.84. The van der Waals surface area contributed by atoms with Gasteiger partial charge in [0.2, 0.25) is 10.0 Å². The van der Waals surface area contributed by atoms with Gasteiger partial charge in [-0.25, -0.2) is 13.2 Å². The van der Waals surface area contributed by atoms with Crippen molar-refractivity contribution in [1.82, 2.24) is 4.31 Å². The summed E-state index contributed by atoms with van der Waals surface area (Å²) in [5.41, 5.74) is 0.416. The van der Waals surface area contributed by atoms with Crippen molar-refractivity contribution in [2.45, 2.75) is 17.7 Å². The summed E-state index contributed by atoms with van der Waals surface area (Å²) in [6, 6.07) is 11.9. The summed E-state index contributed by atoms with van der Waals surface area (Å²) >= 11 is 1.23. The van der Waals surface area contributed by atoms with Crippen LogP contribution in [0.2, 0.25) is 0 Å². The summed E-state index contributed by atoms with van der Waals surface area (Å²) in [6.07, 6.45) is 1.66. The molecule has 206 valence electrons. The number of ether oxygens (including phenoxy) is 3. The SMILES string of the molecule is COc1cc(NC(=O)c2cccs2)c(C(=O)OCC(=O)Nc2ccc(S(=O)(=O)N3CCCC3)cc2)cc1OC. The number of esters is 1. The lowest BCUT2D eigenvalue weighted by atomic mass is 10.1. The number of hydrogen-bond acceptors (Lipinski definition) is 9. The third-order valence-corrected chi connectivity index (χ3v) is 8.69. The van der Waals surface area contributed by atoms with Crippen LogP contribution < -0.4 is 20.1 Å². The van der Waals surface area contributed by atoms with Gasteiger partial charge in [-0.1, -0.05) is 6.07 Å². The predicted molar refractivity (Wildman–Crippen MR) is 145 cm³/mol. The summed E-state index contributed by atoms with van der Waals surface area (Å²) in [6.45, 7) is 0.358. The maximum absolute atomic E-state index is 12.9. The van der Waals surface area contributed by atoms with Crippen LogP contribution in [0.25, 0.3) is 0 Å². The number of benzene rings is 2. The number of thiophene rings is 1. The van der Waals surface area contributed by atoms with Crippen molar-refractivity contribution < 1.29 is 37.0 Å². The molecule has 4 rings (SSSR count). The number of methoxy groups -OCH3 is 2. The molecule has 11 nitrogen and oxygen atoms in total. The largest absolute Gasteiger partial charge is 0.493 e. The van der Waals surface area contributed by atoms with Gasteiger partial charge in [-0.15, -0.1) is 11.3 Å². The van der Waals surface area contributed by atoms with Gasteiger partial charge >= 0.3 is 5.97 Å². The lowest BCUT2D eigenvalue weighted by Gasteiger charge is -2.16. The van der Waals surface area contributed by atoms with Crippen LogP contribution in [0.1, 0.15) is 32.9 Å². The first-order valence-electron chi connectivity index (χ1n) is 11.9. The Morgan fingerprint density at radius 3 is 2.23 bits per heavy atom. The second kappa shape index (κ2) is 12.3. The van der Waals surface area contributed by atoms with E-state index in [1.807, 2.05) is 0 Å². The monoisotopic (exact) mass is 573 g/mol. The van der Waals surface area contributed by atoms with E-state index in [9.17, 15) is 22.8 Å². The van der Waals surface area contributed by atoms with Crippen molar-refractivity contribution >= 4 is 50.5 Å². The Bertz CT molecular complexity index is 1450. The Labute approximate surface area is 229 Å². The minimum atomic E-state index is -3.57. The molecule has 0 saturated carbocycles. The first kappa shape index (κ1) is 28.1. The van der Waals surface area contributed by atoms with Gasteiger partial charge < -0.3 is 24.8 Å². The second-order valence-corrected chi connectivity index (χ2v) is 11.3. The van der Waals surface area contributed by atoms with Crippen LogP contribution in [0.4, 0.5) is 11.4 Å². The van der Waals surface area contributed by atoms with E-state index < -0.39 is 34.4 Å². The third kappa shape index (κ3) is 6.56. The lowest BCUT2D eigenvalue weighted by molar-refractivity contribution is -0.119. The number of rotatable bonds is 10. The van der Waals surface area contributed by atoms with Gasteiger partial charge in [0.05, 0.1) is 35.2 Å². The van der Waals surface area contributed by atoms with Crippen molar-refractivity contribution in [3.63, 3.8) is 0 Å². The number of carbonyl (C=O) groups is 3.